The molecule has 35 heavy (non-hydrogen) atoms. The molecule has 11 nitrogen and oxygen atoms in total. The summed E-state index contributed by atoms with van der Waals surface area (Å²) < 4.78 is 33.5. The first-order valence-corrected chi connectivity index (χ1v) is 10.7. The zero-order chi connectivity index (χ0) is 24.6. The highest BCUT2D eigenvalue weighted by Crippen LogP contribution is 2.20. The number of amides is 1. The molecule has 1 aliphatic rings. The lowest BCUT2D eigenvalue weighted by atomic mass is 10.2. The fraction of sp³-hybridized carbons (Fsp3) is 0.273. The summed E-state index contributed by atoms with van der Waals surface area (Å²) in [6.45, 7) is 1.96. The van der Waals surface area contributed by atoms with E-state index in [0.29, 0.717) is 31.2 Å². The highest BCUT2D eigenvalue weighted by molar-refractivity contribution is 5.97. The number of carbonyl (C=O) groups is 1. The lowest BCUT2D eigenvalue weighted by Gasteiger charge is -2.24. The normalized spacial score (nSPS) is 15.2. The second-order valence-electron chi connectivity index (χ2n) is 7.48. The molecule has 0 radical (unpaired) electrons. The van der Waals surface area contributed by atoms with Crippen LogP contribution in [0.15, 0.2) is 36.7 Å². The van der Waals surface area contributed by atoms with Crippen molar-refractivity contribution in [3.05, 3.63) is 65.2 Å². The molecule has 0 bridgehead atoms. The van der Waals surface area contributed by atoms with E-state index >= 15 is 0 Å². The average Bonchev–Trinajstić information content (AvgIpc) is 2.88. The average molecular weight is 481 g/mol. The highest BCUT2D eigenvalue weighted by atomic mass is 19.1. The molecular formula is C22H21F2N9O2. The summed E-state index contributed by atoms with van der Waals surface area (Å²) in [5.74, 6) is -1.63. The fourth-order valence-corrected chi connectivity index (χ4v) is 3.27. The van der Waals surface area contributed by atoms with E-state index < -0.39 is 17.5 Å². The third-order valence-corrected chi connectivity index (χ3v) is 5.04. The Labute approximate surface area is 199 Å². The van der Waals surface area contributed by atoms with Gasteiger partial charge in [0.25, 0.3) is 5.91 Å². The number of hydrogen-bond acceptors (Lipinski definition) is 10. The maximum Gasteiger partial charge on any atom is 0.274 e. The molecule has 1 unspecified atom stereocenters. The second kappa shape index (κ2) is 11.2. The van der Waals surface area contributed by atoms with Crippen molar-refractivity contribution >= 4 is 23.2 Å². The summed E-state index contributed by atoms with van der Waals surface area (Å²) >= 11 is 0. The summed E-state index contributed by atoms with van der Waals surface area (Å²) in [4.78, 5) is 20.8. The second-order valence-corrected chi connectivity index (χ2v) is 7.48. The molecule has 1 aromatic carbocycles. The van der Waals surface area contributed by atoms with Crippen LogP contribution in [0.25, 0.3) is 0 Å². The van der Waals surface area contributed by atoms with Crippen LogP contribution in [0.3, 0.4) is 0 Å². The lowest BCUT2D eigenvalue weighted by Crippen LogP contribution is -2.42. The first-order chi connectivity index (χ1) is 17.0. The van der Waals surface area contributed by atoms with Crippen molar-refractivity contribution in [2.75, 3.05) is 36.9 Å². The number of hydrogen-bond donors (Lipinski definition) is 4. The van der Waals surface area contributed by atoms with Gasteiger partial charge < -0.3 is 26.0 Å². The molecule has 180 valence electrons. The third kappa shape index (κ3) is 6.19. The van der Waals surface area contributed by atoms with E-state index in [9.17, 15) is 13.6 Å². The molecule has 1 fully saturated rings. The zero-order valence-electron chi connectivity index (χ0n) is 18.4. The number of benzene rings is 1. The quantitative estimate of drug-likeness (QED) is 0.373. The number of halogens is 2. The lowest BCUT2D eigenvalue weighted by molar-refractivity contribution is 0.0372. The summed E-state index contributed by atoms with van der Waals surface area (Å²) in [6.07, 6.45) is 2.52. The summed E-state index contributed by atoms with van der Waals surface area (Å²) in [7, 11) is 0. The molecular weight excluding hydrogens is 460 g/mol. The van der Waals surface area contributed by atoms with Gasteiger partial charge in [-0.3, -0.25) is 4.79 Å². The van der Waals surface area contributed by atoms with Gasteiger partial charge in [0.05, 0.1) is 30.8 Å². The largest absolute Gasteiger partial charge is 0.380 e. The van der Waals surface area contributed by atoms with Gasteiger partial charge in [0.15, 0.2) is 17.2 Å². The van der Waals surface area contributed by atoms with Crippen molar-refractivity contribution in [2.24, 2.45) is 0 Å². The number of nitrogens with one attached hydrogen (secondary N) is 4. The van der Waals surface area contributed by atoms with E-state index in [1.165, 1.54) is 18.5 Å². The zero-order valence-corrected chi connectivity index (χ0v) is 18.4. The Morgan fingerprint density at radius 3 is 2.71 bits per heavy atom. The van der Waals surface area contributed by atoms with E-state index in [2.05, 4.69) is 41.4 Å². The standard InChI is InChI=1S/C22H21F2N9O2/c23-16-2-1-3-17(24)15(16)11-30-22(34)21-18(28-10-14-9-26-4-5-35-14)6-19(32-33-21)31-20-12-27-13(7-25)8-29-20/h1-3,6,8,12,14,26H,4-5,9-11H2,(H,30,34)(H2,28,29,31,32). The first kappa shape index (κ1) is 23.9. The van der Waals surface area contributed by atoms with Gasteiger partial charge in [-0.2, -0.15) is 5.26 Å². The minimum absolute atomic E-state index is 0.0676. The van der Waals surface area contributed by atoms with Crippen molar-refractivity contribution in [3.8, 4) is 6.07 Å². The molecule has 2 aromatic heterocycles. The Kier molecular flexibility index (Phi) is 7.66. The van der Waals surface area contributed by atoms with Gasteiger partial charge >= 0.3 is 0 Å². The minimum atomic E-state index is -0.764. The Hall–Kier alpha value is -4.28. The number of ether oxygens (including phenoxy) is 1. The summed E-state index contributed by atoms with van der Waals surface area (Å²) in [5, 5.41) is 28.6. The Morgan fingerprint density at radius 2 is 2.03 bits per heavy atom. The van der Waals surface area contributed by atoms with E-state index in [1.807, 2.05) is 6.07 Å². The highest BCUT2D eigenvalue weighted by Gasteiger charge is 2.20. The van der Waals surface area contributed by atoms with E-state index in [4.69, 9.17) is 10.00 Å². The topological polar surface area (TPSA) is 150 Å². The van der Waals surface area contributed by atoms with Crippen molar-refractivity contribution in [2.45, 2.75) is 12.6 Å². The van der Waals surface area contributed by atoms with Crippen LogP contribution >= 0.6 is 0 Å². The SMILES string of the molecule is N#Cc1cnc(Nc2cc(NCC3CNCCO3)c(C(=O)NCc3c(F)cccc3F)nn2)cn1. The third-order valence-electron chi connectivity index (χ3n) is 5.04. The predicted octanol–water partition coefficient (Wildman–Crippen LogP) is 1.49. The number of rotatable bonds is 8. The maximum atomic E-state index is 13.9. The first-order valence-electron chi connectivity index (χ1n) is 10.7. The summed E-state index contributed by atoms with van der Waals surface area (Å²) in [5.41, 5.74) is 0.151. The van der Waals surface area contributed by atoms with Crippen LogP contribution in [0, 0.1) is 23.0 Å². The van der Waals surface area contributed by atoms with E-state index in [-0.39, 0.29) is 35.4 Å². The molecule has 3 aromatic rings. The van der Waals surface area contributed by atoms with Crippen LogP contribution < -0.4 is 21.3 Å². The smallest absolute Gasteiger partial charge is 0.274 e. The number of nitrogens with zero attached hydrogens (tertiary/aromatic N) is 5. The van der Waals surface area contributed by atoms with Crippen molar-refractivity contribution in [1.82, 2.24) is 30.8 Å². The van der Waals surface area contributed by atoms with Crippen molar-refractivity contribution in [3.63, 3.8) is 0 Å². The summed E-state index contributed by atoms with van der Waals surface area (Å²) in [6, 6.07) is 6.89. The van der Waals surface area contributed by atoms with Gasteiger partial charge in [-0.1, -0.05) is 6.07 Å². The van der Waals surface area contributed by atoms with E-state index in [1.54, 1.807) is 6.07 Å². The van der Waals surface area contributed by atoms with Crippen LogP contribution in [0.1, 0.15) is 21.7 Å². The van der Waals surface area contributed by atoms with Gasteiger partial charge in [0.1, 0.15) is 23.5 Å². The maximum absolute atomic E-state index is 13.9. The molecule has 3 heterocycles. The van der Waals surface area contributed by atoms with Gasteiger partial charge in [-0.25, -0.2) is 18.7 Å². The van der Waals surface area contributed by atoms with Crippen LogP contribution in [0.4, 0.5) is 26.1 Å². The molecule has 1 amide bonds. The fourth-order valence-electron chi connectivity index (χ4n) is 3.27. The number of carbonyl (C=O) groups excluding carboxylic acids is 1. The molecule has 4 N–H and O–H groups in total. The van der Waals surface area contributed by atoms with Crippen LogP contribution in [0.2, 0.25) is 0 Å². The number of anilines is 3. The number of morpholine rings is 1. The van der Waals surface area contributed by atoms with Crippen molar-refractivity contribution < 1.29 is 18.3 Å². The predicted molar refractivity (Wildman–Crippen MR) is 121 cm³/mol. The molecule has 0 spiro atoms. The molecule has 4 rings (SSSR count). The van der Waals surface area contributed by atoms with Gasteiger partial charge in [0, 0.05) is 37.8 Å². The van der Waals surface area contributed by atoms with Crippen LogP contribution in [-0.4, -0.2) is 58.4 Å². The number of aromatic nitrogens is 4. The molecule has 1 atom stereocenters. The Bertz CT molecular complexity index is 1210. The van der Waals surface area contributed by atoms with Crippen LogP contribution in [0.5, 0.6) is 0 Å². The van der Waals surface area contributed by atoms with Crippen molar-refractivity contribution in [1.29, 1.82) is 5.26 Å². The van der Waals surface area contributed by atoms with E-state index in [0.717, 1.165) is 18.7 Å². The monoisotopic (exact) mass is 481 g/mol. The number of nitriles is 1. The van der Waals surface area contributed by atoms with Gasteiger partial charge in [0.2, 0.25) is 0 Å². The Morgan fingerprint density at radius 1 is 1.20 bits per heavy atom. The molecule has 0 saturated carbocycles. The molecule has 0 aliphatic carbocycles. The van der Waals surface area contributed by atoms with Gasteiger partial charge in [-0.05, 0) is 12.1 Å². The molecule has 1 saturated heterocycles. The molecule has 13 heteroatoms. The van der Waals surface area contributed by atoms with Crippen LogP contribution in [-0.2, 0) is 11.3 Å². The minimum Gasteiger partial charge on any atom is -0.380 e. The van der Waals surface area contributed by atoms with Gasteiger partial charge in [-0.15, -0.1) is 10.2 Å². The molecule has 1 aliphatic heterocycles. The Balaban J connectivity index is 1.52.